The zero-order valence-electron chi connectivity index (χ0n) is 8.54. The molecule has 3 nitrogen and oxygen atoms in total. The van der Waals surface area contributed by atoms with Crippen LogP contribution in [0.4, 0.5) is 5.82 Å². The van der Waals surface area contributed by atoms with Crippen molar-refractivity contribution in [1.82, 2.24) is 9.78 Å². The molecular formula is C10H17N3. The number of rotatable bonds is 3. The quantitative estimate of drug-likeness (QED) is 0.769. The number of anilines is 1. The number of hydrogen-bond acceptors (Lipinski definition) is 2. The Hall–Kier alpha value is -0.990. The summed E-state index contributed by atoms with van der Waals surface area (Å²) in [7, 11) is 1.94. The second kappa shape index (κ2) is 2.76. The molecule has 13 heavy (non-hydrogen) atoms. The summed E-state index contributed by atoms with van der Waals surface area (Å²) in [5.74, 6) is 0.989. The Morgan fingerprint density at radius 1 is 1.62 bits per heavy atom. The fourth-order valence-corrected chi connectivity index (χ4v) is 1.52. The highest BCUT2D eigenvalue weighted by Crippen LogP contribution is 2.48. The van der Waals surface area contributed by atoms with E-state index in [2.05, 4.69) is 24.3 Å². The van der Waals surface area contributed by atoms with Crippen molar-refractivity contribution in [1.29, 1.82) is 0 Å². The lowest BCUT2D eigenvalue weighted by Gasteiger charge is -2.19. The Morgan fingerprint density at radius 3 is 2.77 bits per heavy atom. The summed E-state index contributed by atoms with van der Waals surface area (Å²) in [4.78, 5) is 0. The molecule has 2 rings (SSSR count). The normalized spacial score (nSPS) is 21.2. The summed E-state index contributed by atoms with van der Waals surface area (Å²) < 4.78 is 1.82. The van der Waals surface area contributed by atoms with Gasteiger partial charge in [-0.2, -0.15) is 5.10 Å². The average Bonchev–Trinajstić information content (AvgIpc) is 2.69. The predicted octanol–water partition coefficient (Wildman–Crippen LogP) is 2.02. The van der Waals surface area contributed by atoms with Crippen molar-refractivity contribution in [3.63, 3.8) is 0 Å². The molecule has 0 spiro atoms. The molecule has 0 saturated heterocycles. The fraction of sp³-hybridized carbons (Fsp3) is 0.700. The summed E-state index contributed by atoms with van der Waals surface area (Å²) in [6.07, 6.45) is 4.65. The Bertz CT molecular complexity index is 299. The minimum atomic E-state index is 0.511. The molecule has 0 amide bonds. The van der Waals surface area contributed by atoms with Crippen molar-refractivity contribution in [3.05, 3.63) is 12.3 Å². The van der Waals surface area contributed by atoms with Gasteiger partial charge >= 0.3 is 0 Å². The van der Waals surface area contributed by atoms with E-state index < -0.39 is 0 Å². The monoisotopic (exact) mass is 179 g/mol. The van der Waals surface area contributed by atoms with Gasteiger partial charge in [-0.1, -0.05) is 6.92 Å². The first kappa shape index (κ1) is 8.60. The van der Waals surface area contributed by atoms with Crippen LogP contribution in [0.15, 0.2) is 12.3 Å². The van der Waals surface area contributed by atoms with Crippen LogP contribution < -0.4 is 5.32 Å². The largest absolute Gasteiger partial charge is 0.366 e. The van der Waals surface area contributed by atoms with Crippen LogP contribution in [0.3, 0.4) is 0 Å². The first-order chi connectivity index (χ1) is 6.10. The summed E-state index contributed by atoms with van der Waals surface area (Å²) in [6.45, 7) is 4.56. The highest BCUT2D eigenvalue weighted by atomic mass is 15.3. The van der Waals surface area contributed by atoms with E-state index in [1.165, 1.54) is 12.8 Å². The third-order valence-corrected chi connectivity index (χ3v) is 3.16. The lowest BCUT2D eigenvalue weighted by molar-refractivity contribution is 0.491. The van der Waals surface area contributed by atoms with E-state index in [-0.39, 0.29) is 0 Å². The van der Waals surface area contributed by atoms with E-state index in [4.69, 9.17) is 0 Å². The van der Waals surface area contributed by atoms with Gasteiger partial charge in [-0.3, -0.25) is 4.68 Å². The molecule has 1 N–H and O–H groups in total. The van der Waals surface area contributed by atoms with Crippen molar-refractivity contribution < 1.29 is 0 Å². The van der Waals surface area contributed by atoms with Crippen molar-refractivity contribution >= 4 is 5.82 Å². The Kier molecular flexibility index (Phi) is 1.82. The molecule has 1 aliphatic rings. The second-order valence-electron chi connectivity index (χ2n) is 4.39. The maximum atomic E-state index is 4.30. The molecule has 1 fully saturated rings. The van der Waals surface area contributed by atoms with Crippen LogP contribution in [0.25, 0.3) is 0 Å². The molecule has 3 heteroatoms. The molecule has 1 aromatic rings. The molecule has 1 atom stereocenters. The number of hydrogen-bond donors (Lipinski definition) is 1. The van der Waals surface area contributed by atoms with Crippen LogP contribution in [0, 0.1) is 5.41 Å². The zero-order chi connectivity index (χ0) is 9.47. The fourth-order valence-electron chi connectivity index (χ4n) is 1.52. The minimum Gasteiger partial charge on any atom is -0.366 e. The van der Waals surface area contributed by atoms with Crippen LogP contribution in [0.1, 0.15) is 26.7 Å². The Balaban J connectivity index is 1.98. The molecule has 1 heterocycles. The lowest BCUT2D eigenvalue weighted by atomic mass is 10.0. The van der Waals surface area contributed by atoms with Gasteiger partial charge < -0.3 is 5.32 Å². The second-order valence-corrected chi connectivity index (χ2v) is 4.39. The van der Waals surface area contributed by atoms with E-state index in [1.54, 1.807) is 0 Å². The molecule has 1 unspecified atom stereocenters. The van der Waals surface area contributed by atoms with Gasteiger partial charge in [0.1, 0.15) is 5.82 Å². The third kappa shape index (κ3) is 1.69. The standard InChI is InChI=1S/C10H17N3/c1-8(10(2)5-6-10)11-9-4-7-13(3)12-9/h4,7-8H,5-6H2,1-3H3,(H,11,12). The maximum absolute atomic E-state index is 4.30. The highest BCUT2D eigenvalue weighted by molar-refractivity contribution is 5.34. The number of aryl methyl sites for hydroxylation is 1. The molecule has 1 aliphatic carbocycles. The first-order valence-electron chi connectivity index (χ1n) is 4.86. The van der Waals surface area contributed by atoms with E-state index in [0.29, 0.717) is 11.5 Å². The summed E-state index contributed by atoms with van der Waals surface area (Å²) in [5.41, 5.74) is 0.511. The van der Waals surface area contributed by atoms with Crippen molar-refractivity contribution in [2.45, 2.75) is 32.7 Å². The van der Waals surface area contributed by atoms with Crippen LogP contribution >= 0.6 is 0 Å². The van der Waals surface area contributed by atoms with Gasteiger partial charge in [0.2, 0.25) is 0 Å². The van der Waals surface area contributed by atoms with Gasteiger partial charge in [-0.05, 0) is 25.2 Å². The molecule has 1 aromatic heterocycles. The molecule has 0 aliphatic heterocycles. The maximum Gasteiger partial charge on any atom is 0.148 e. The SMILES string of the molecule is CC(Nc1ccn(C)n1)C1(C)CC1. The topological polar surface area (TPSA) is 29.9 Å². The summed E-state index contributed by atoms with van der Waals surface area (Å²) in [5, 5.41) is 7.73. The number of nitrogens with zero attached hydrogens (tertiary/aromatic N) is 2. The van der Waals surface area contributed by atoms with Crippen molar-refractivity contribution in [2.24, 2.45) is 12.5 Å². The summed E-state index contributed by atoms with van der Waals surface area (Å²) in [6, 6.07) is 2.55. The average molecular weight is 179 g/mol. The van der Waals surface area contributed by atoms with Gasteiger partial charge in [0.15, 0.2) is 0 Å². The van der Waals surface area contributed by atoms with E-state index >= 15 is 0 Å². The van der Waals surface area contributed by atoms with E-state index in [1.807, 2.05) is 24.0 Å². The van der Waals surface area contributed by atoms with Crippen LogP contribution in [-0.4, -0.2) is 15.8 Å². The lowest BCUT2D eigenvalue weighted by Crippen LogP contribution is -2.25. The minimum absolute atomic E-state index is 0.511. The van der Waals surface area contributed by atoms with Gasteiger partial charge in [-0.25, -0.2) is 0 Å². The van der Waals surface area contributed by atoms with Gasteiger partial charge in [0.05, 0.1) is 0 Å². The van der Waals surface area contributed by atoms with Crippen LogP contribution in [-0.2, 0) is 7.05 Å². The Labute approximate surface area is 79.1 Å². The molecular weight excluding hydrogens is 162 g/mol. The zero-order valence-corrected chi connectivity index (χ0v) is 8.54. The van der Waals surface area contributed by atoms with E-state index in [9.17, 15) is 0 Å². The molecule has 72 valence electrons. The van der Waals surface area contributed by atoms with Crippen LogP contribution in [0.5, 0.6) is 0 Å². The first-order valence-corrected chi connectivity index (χ1v) is 4.86. The molecule has 0 bridgehead atoms. The predicted molar refractivity (Wildman–Crippen MR) is 53.6 cm³/mol. The number of aromatic nitrogens is 2. The van der Waals surface area contributed by atoms with Gasteiger partial charge in [0.25, 0.3) is 0 Å². The third-order valence-electron chi connectivity index (χ3n) is 3.16. The van der Waals surface area contributed by atoms with Gasteiger partial charge in [0, 0.05) is 25.4 Å². The van der Waals surface area contributed by atoms with Gasteiger partial charge in [-0.15, -0.1) is 0 Å². The molecule has 0 radical (unpaired) electrons. The van der Waals surface area contributed by atoms with E-state index in [0.717, 1.165) is 5.82 Å². The highest BCUT2D eigenvalue weighted by Gasteiger charge is 2.42. The smallest absolute Gasteiger partial charge is 0.148 e. The summed E-state index contributed by atoms with van der Waals surface area (Å²) >= 11 is 0. The van der Waals surface area contributed by atoms with Crippen molar-refractivity contribution in [2.75, 3.05) is 5.32 Å². The molecule has 0 aromatic carbocycles. The van der Waals surface area contributed by atoms with Crippen molar-refractivity contribution in [3.8, 4) is 0 Å². The molecule has 1 saturated carbocycles. The number of nitrogens with one attached hydrogen (secondary N) is 1. The van der Waals surface area contributed by atoms with Crippen LogP contribution in [0.2, 0.25) is 0 Å². The Morgan fingerprint density at radius 2 is 2.31 bits per heavy atom.